The summed E-state index contributed by atoms with van der Waals surface area (Å²) in [5.41, 5.74) is -0.473. The summed E-state index contributed by atoms with van der Waals surface area (Å²) in [6.45, 7) is 9.10. The van der Waals surface area contributed by atoms with Crippen LogP contribution in [0.4, 0.5) is 4.79 Å². The van der Waals surface area contributed by atoms with E-state index in [1.54, 1.807) is 4.90 Å². The number of carbonyl (C=O) groups excluding carboxylic acids is 1. The molecular weight excluding hydrogens is 340 g/mol. The van der Waals surface area contributed by atoms with E-state index in [-0.39, 0.29) is 18.6 Å². The second-order valence-electron chi connectivity index (χ2n) is 7.56. The van der Waals surface area contributed by atoms with E-state index in [0.717, 1.165) is 29.1 Å². The number of likely N-dealkylation sites (tertiary alicyclic amines) is 1. The molecule has 1 fully saturated rings. The maximum Gasteiger partial charge on any atom is 0.410 e. The topological polar surface area (TPSA) is 78.9 Å². The molecule has 140 valence electrons. The van der Waals surface area contributed by atoms with Crippen LogP contribution >= 0.6 is 11.3 Å². The third-order valence-electron chi connectivity index (χ3n) is 4.11. The summed E-state index contributed by atoms with van der Waals surface area (Å²) in [7, 11) is 0. The van der Waals surface area contributed by atoms with Crippen LogP contribution in [0.2, 0.25) is 0 Å². The summed E-state index contributed by atoms with van der Waals surface area (Å²) in [6, 6.07) is 4.34. The van der Waals surface area contributed by atoms with Gasteiger partial charge in [0, 0.05) is 34.9 Å². The monoisotopic (exact) mass is 368 g/mol. The number of ether oxygens (including phenoxy) is 1. The molecule has 1 aromatic rings. The summed E-state index contributed by atoms with van der Waals surface area (Å²) in [4.78, 5) is 26.8. The van der Waals surface area contributed by atoms with Crippen LogP contribution in [0.25, 0.3) is 0 Å². The molecule has 1 saturated heterocycles. The molecule has 2 unspecified atom stereocenters. The number of carboxylic acid groups (broad SMARTS) is 1. The van der Waals surface area contributed by atoms with Gasteiger partial charge in [-0.15, -0.1) is 11.3 Å². The molecule has 1 aliphatic heterocycles. The lowest BCUT2D eigenvalue weighted by Crippen LogP contribution is -2.50. The zero-order valence-corrected chi connectivity index (χ0v) is 16.2. The molecule has 0 spiro atoms. The maximum absolute atomic E-state index is 12.2. The largest absolute Gasteiger partial charge is 0.481 e. The number of piperidine rings is 1. The van der Waals surface area contributed by atoms with Crippen molar-refractivity contribution in [3.63, 3.8) is 0 Å². The third kappa shape index (κ3) is 6.32. The molecule has 6 nitrogen and oxygen atoms in total. The van der Waals surface area contributed by atoms with Gasteiger partial charge in [-0.1, -0.05) is 0 Å². The van der Waals surface area contributed by atoms with Gasteiger partial charge in [0.15, 0.2) is 0 Å². The highest BCUT2D eigenvalue weighted by Gasteiger charge is 2.31. The van der Waals surface area contributed by atoms with E-state index in [1.165, 1.54) is 11.3 Å². The van der Waals surface area contributed by atoms with Gasteiger partial charge in [-0.2, -0.15) is 0 Å². The number of hydrogen-bond acceptors (Lipinski definition) is 5. The van der Waals surface area contributed by atoms with Crippen LogP contribution in [-0.4, -0.2) is 46.3 Å². The van der Waals surface area contributed by atoms with E-state index < -0.39 is 11.6 Å². The molecule has 0 aromatic carbocycles. The number of thiophene rings is 1. The van der Waals surface area contributed by atoms with Gasteiger partial charge in [0.1, 0.15) is 5.60 Å². The summed E-state index contributed by atoms with van der Waals surface area (Å²) in [5, 5.41) is 12.4. The van der Waals surface area contributed by atoms with Gasteiger partial charge in [0.2, 0.25) is 0 Å². The standard InChI is InChI=1S/C18H28N2O4S/c1-12-9-13(7-8-20(12)17(23)24-18(2,3)4)19-11-15-6-5-14(25-15)10-16(21)22/h5-6,12-13,19H,7-11H2,1-4H3,(H,21,22). The van der Waals surface area contributed by atoms with E-state index >= 15 is 0 Å². The smallest absolute Gasteiger partial charge is 0.410 e. The molecule has 0 aliphatic carbocycles. The Kier molecular flexibility index (Phi) is 6.46. The van der Waals surface area contributed by atoms with Crippen molar-refractivity contribution in [2.45, 2.75) is 71.2 Å². The normalized spacial score (nSPS) is 21.2. The van der Waals surface area contributed by atoms with Crippen LogP contribution in [0.3, 0.4) is 0 Å². The quantitative estimate of drug-likeness (QED) is 0.834. The Morgan fingerprint density at radius 1 is 1.36 bits per heavy atom. The molecule has 1 aliphatic rings. The van der Waals surface area contributed by atoms with Crippen molar-refractivity contribution < 1.29 is 19.4 Å². The number of rotatable bonds is 5. The Hall–Kier alpha value is -1.60. The number of amides is 1. The van der Waals surface area contributed by atoms with Crippen LogP contribution in [0.5, 0.6) is 0 Å². The SMILES string of the molecule is CC1CC(NCc2ccc(CC(=O)O)s2)CCN1C(=O)OC(C)(C)C. The molecule has 0 bridgehead atoms. The van der Waals surface area contributed by atoms with Gasteiger partial charge in [0.05, 0.1) is 6.42 Å². The van der Waals surface area contributed by atoms with Crippen molar-refractivity contribution in [2.75, 3.05) is 6.54 Å². The third-order valence-corrected chi connectivity index (χ3v) is 5.20. The summed E-state index contributed by atoms with van der Waals surface area (Å²) >= 11 is 1.53. The fraction of sp³-hybridized carbons (Fsp3) is 0.667. The summed E-state index contributed by atoms with van der Waals surface area (Å²) in [6.07, 6.45) is 1.61. The molecule has 2 N–H and O–H groups in total. The lowest BCUT2D eigenvalue weighted by molar-refractivity contribution is -0.136. The Morgan fingerprint density at radius 3 is 2.64 bits per heavy atom. The lowest BCUT2D eigenvalue weighted by Gasteiger charge is -2.38. The molecule has 0 saturated carbocycles. The zero-order valence-electron chi connectivity index (χ0n) is 15.4. The lowest BCUT2D eigenvalue weighted by atomic mass is 9.98. The molecular formula is C18H28N2O4S. The van der Waals surface area contributed by atoms with Crippen molar-refractivity contribution >= 4 is 23.4 Å². The number of carboxylic acids is 1. The van der Waals surface area contributed by atoms with Gasteiger partial charge < -0.3 is 20.1 Å². The zero-order chi connectivity index (χ0) is 18.6. The molecule has 1 amide bonds. The van der Waals surface area contributed by atoms with Crippen molar-refractivity contribution in [3.05, 3.63) is 21.9 Å². The number of carbonyl (C=O) groups is 2. The minimum Gasteiger partial charge on any atom is -0.481 e. The first-order valence-corrected chi connectivity index (χ1v) is 9.48. The second kappa shape index (κ2) is 8.19. The Labute approximate surface area is 153 Å². The Morgan fingerprint density at radius 2 is 2.04 bits per heavy atom. The van der Waals surface area contributed by atoms with Crippen LogP contribution in [-0.2, 0) is 22.5 Å². The molecule has 1 aromatic heterocycles. The van der Waals surface area contributed by atoms with Crippen LogP contribution in [0.15, 0.2) is 12.1 Å². The fourth-order valence-corrected chi connectivity index (χ4v) is 3.92. The minimum absolute atomic E-state index is 0.0793. The van der Waals surface area contributed by atoms with E-state index in [2.05, 4.69) is 5.32 Å². The molecule has 2 atom stereocenters. The Bertz CT molecular complexity index is 608. The van der Waals surface area contributed by atoms with Crippen LogP contribution < -0.4 is 5.32 Å². The predicted octanol–water partition coefficient (Wildman–Crippen LogP) is 3.25. The van der Waals surface area contributed by atoms with E-state index in [4.69, 9.17) is 9.84 Å². The number of nitrogens with zero attached hydrogens (tertiary/aromatic N) is 1. The fourth-order valence-electron chi connectivity index (χ4n) is 2.96. The van der Waals surface area contributed by atoms with Crippen molar-refractivity contribution in [1.82, 2.24) is 10.2 Å². The first-order chi connectivity index (χ1) is 11.6. The average Bonchev–Trinajstić information content (AvgIpc) is 2.90. The molecule has 25 heavy (non-hydrogen) atoms. The summed E-state index contributed by atoms with van der Waals surface area (Å²) in [5.74, 6) is -0.801. The number of nitrogens with one attached hydrogen (secondary N) is 1. The highest BCUT2D eigenvalue weighted by atomic mass is 32.1. The molecule has 7 heteroatoms. The van der Waals surface area contributed by atoms with Crippen LogP contribution in [0, 0.1) is 0 Å². The maximum atomic E-state index is 12.2. The van der Waals surface area contributed by atoms with Gasteiger partial charge in [-0.3, -0.25) is 4.79 Å². The highest BCUT2D eigenvalue weighted by molar-refractivity contribution is 7.12. The van der Waals surface area contributed by atoms with Gasteiger partial charge >= 0.3 is 12.1 Å². The Balaban J connectivity index is 1.80. The van der Waals surface area contributed by atoms with E-state index in [9.17, 15) is 9.59 Å². The first kappa shape index (κ1) is 19.7. The highest BCUT2D eigenvalue weighted by Crippen LogP contribution is 2.22. The second-order valence-corrected chi connectivity index (χ2v) is 8.82. The average molecular weight is 368 g/mol. The van der Waals surface area contributed by atoms with Gasteiger partial charge in [-0.05, 0) is 52.7 Å². The van der Waals surface area contributed by atoms with Gasteiger partial charge in [-0.25, -0.2) is 4.79 Å². The predicted molar refractivity (Wildman–Crippen MR) is 97.9 cm³/mol. The first-order valence-electron chi connectivity index (χ1n) is 8.66. The number of hydrogen-bond donors (Lipinski definition) is 2. The van der Waals surface area contributed by atoms with Crippen molar-refractivity contribution in [2.24, 2.45) is 0 Å². The molecule has 2 rings (SSSR count). The van der Waals surface area contributed by atoms with Crippen molar-refractivity contribution in [1.29, 1.82) is 0 Å². The molecule has 0 radical (unpaired) electrons. The van der Waals surface area contributed by atoms with Gasteiger partial charge in [0.25, 0.3) is 0 Å². The van der Waals surface area contributed by atoms with E-state index in [1.807, 2.05) is 39.8 Å². The van der Waals surface area contributed by atoms with E-state index in [0.29, 0.717) is 12.6 Å². The van der Waals surface area contributed by atoms with Crippen LogP contribution in [0.1, 0.15) is 50.3 Å². The summed E-state index contributed by atoms with van der Waals surface area (Å²) < 4.78 is 5.47. The minimum atomic E-state index is -0.801. The van der Waals surface area contributed by atoms with Crippen molar-refractivity contribution in [3.8, 4) is 0 Å². The number of aliphatic carboxylic acids is 1. The molecule has 2 heterocycles.